The Bertz CT molecular complexity index is 938. The summed E-state index contributed by atoms with van der Waals surface area (Å²) in [5.41, 5.74) is 3.58. The standard InChI is InChI=1S/C19H18ClN3O2S/c1-3-15-11(2)21-19(16-9-13(20)10-26-16)23-18(15)22-14-6-4-12(5-7-14)8-17(24)25/h4-7,9-10H,3,8H2,1-2H3,(H,24,25)(H,21,22,23). The Balaban J connectivity index is 1.92. The number of anilines is 2. The molecule has 5 nitrogen and oxygen atoms in total. The van der Waals surface area contributed by atoms with Gasteiger partial charge in [0.15, 0.2) is 5.82 Å². The highest BCUT2D eigenvalue weighted by molar-refractivity contribution is 7.14. The zero-order valence-corrected chi connectivity index (χ0v) is 16.0. The maximum absolute atomic E-state index is 10.8. The molecular formula is C19H18ClN3O2S. The highest BCUT2D eigenvalue weighted by Gasteiger charge is 2.13. The molecule has 0 saturated carbocycles. The number of nitrogens with zero attached hydrogens (tertiary/aromatic N) is 2. The van der Waals surface area contributed by atoms with Gasteiger partial charge in [-0.05, 0) is 37.1 Å². The lowest BCUT2D eigenvalue weighted by Gasteiger charge is -2.14. The van der Waals surface area contributed by atoms with E-state index in [0.717, 1.165) is 39.6 Å². The molecule has 134 valence electrons. The smallest absolute Gasteiger partial charge is 0.307 e. The van der Waals surface area contributed by atoms with Gasteiger partial charge in [-0.2, -0.15) is 0 Å². The molecule has 2 heterocycles. The van der Waals surface area contributed by atoms with Crippen LogP contribution in [0.4, 0.5) is 11.5 Å². The van der Waals surface area contributed by atoms with E-state index in [1.54, 1.807) is 12.1 Å². The van der Waals surface area contributed by atoms with Crippen LogP contribution in [-0.2, 0) is 17.6 Å². The number of hydrogen-bond acceptors (Lipinski definition) is 5. The zero-order valence-electron chi connectivity index (χ0n) is 14.4. The highest BCUT2D eigenvalue weighted by Crippen LogP contribution is 2.30. The van der Waals surface area contributed by atoms with Crippen molar-refractivity contribution in [1.82, 2.24) is 9.97 Å². The summed E-state index contributed by atoms with van der Waals surface area (Å²) in [6, 6.07) is 9.18. The summed E-state index contributed by atoms with van der Waals surface area (Å²) >= 11 is 7.53. The average molecular weight is 388 g/mol. The van der Waals surface area contributed by atoms with Gasteiger partial charge in [0, 0.05) is 22.3 Å². The summed E-state index contributed by atoms with van der Waals surface area (Å²) in [4.78, 5) is 21.0. The predicted octanol–water partition coefficient (Wildman–Crippen LogP) is 5.10. The van der Waals surface area contributed by atoms with E-state index in [4.69, 9.17) is 16.7 Å². The number of aliphatic carboxylic acids is 1. The van der Waals surface area contributed by atoms with E-state index in [1.165, 1.54) is 11.3 Å². The van der Waals surface area contributed by atoms with E-state index in [0.29, 0.717) is 10.8 Å². The molecule has 0 aliphatic heterocycles. The van der Waals surface area contributed by atoms with Crippen molar-refractivity contribution in [1.29, 1.82) is 0 Å². The first-order valence-corrected chi connectivity index (χ1v) is 9.41. The summed E-state index contributed by atoms with van der Waals surface area (Å²) in [5, 5.41) is 14.7. The monoisotopic (exact) mass is 387 g/mol. The summed E-state index contributed by atoms with van der Waals surface area (Å²) in [5.74, 6) is 0.553. The Labute approximate surface area is 160 Å². The number of carboxylic acid groups (broad SMARTS) is 1. The van der Waals surface area contributed by atoms with Crippen molar-refractivity contribution in [3.8, 4) is 10.7 Å². The Morgan fingerprint density at radius 3 is 2.58 bits per heavy atom. The molecule has 0 fully saturated rings. The number of rotatable bonds is 6. The number of carboxylic acids is 1. The molecule has 0 saturated heterocycles. The van der Waals surface area contributed by atoms with Crippen LogP contribution in [0.5, 0.6) is 0 Å². The van der Waals surface area contributed by atoms with Gasteiger partial charge in [-0.3, -0.25) is 4.79 Å². The fraction of sp³-hybridized carbons (Fsp3) is 0.211. The summed E-state index contributed by atoms with van der Waals surface area (Å²) in [6.07, 6.45) is 0.813. The maximum atomic E-state index is 10.8. The molecule has 3 aromatic rings. The second-order valence-corrected chi connectivity index (χ2v) is 7.18. The molecule has 0 unspecified atom stereocenters. The number of nitrogens with one attached hydrogen (secondary N) is 1. The first-order valence-electron chi connectivity index (χ1n) is 8.16. The van der Waals surface area contributed by atoms with Crippen LogP contribution in [0.3, 0.4) is 0 Å². The lowest BCUT2D eigenvalue weighted by atomic mass is 10.1. The largest absolute Gasteiger partial charge is 0.481 e. The normalized spacial score (nSPS) is 10.7. The van der Waals surface area contributed by atoms with Crippen LogP contribution in [0.25, 0.3) is 10.7 Å². The molecule has 0 aliphatic rings. The molecule has 0 spiro atoms. The van der Waals surface area contributed by atoms with Crippen molar-refractivity contribution in [2.45, 2.75) is 26.7 Å². The molecule has 2 aromatic heterocycles. The van der Waals surface area contributed by atoms with Crippen LogP contribution in [0.2, 0.25) is 5.02 Å². The number of halogens is 1. The van der Waals surface area contributed by atoms with Crippen molar-refractivity contribution in [3.05, 3.63) is 57.6 Å². The van der Waals surface area contributed by atoms with Crippen LogP contribution in [0.15, 0.2) is 35.7 Å². The molecule has 7 heteroatoms. The van der Waals surface area contributed by atoms with E-state index in [2.05, 4.69) is 22.2 Å². The highest BCUT2D eigenvalue weighted by atomic mass is 35.5. The van der Waals surface area contributed by atoms with Crippen LogP contribution in [0, 0.1) is 6.92 Å². The predicted molar refractivity (Wildman–Crippen MR) is 106 cm³/mol. The Morgan fingerprint density at radius 2 is 2.00 bits per heavy atom. The number of thiophene rings is 1. The van der Waals surface area contributed by atoms with Crippen LogP contribution in [0.1, 0.15) is 23.7 Å². The van der Waals surface area contributed by atoms with Gasteiger partial charge in [0.05, 0.1) is 16.3 Å². The van der Waals surface area contributed by atoms with E-state index < -0.39 is 5.97 Å². The Morgan fingerprint density at radius 1 is 1.27 bits per heavy atom. The van der Waals surface area contributed by atoms with Crippen LogP contribution in [-0.4, -0.2) is 21.0 Å². The molecule has 0 bridgehead atoms. The number of benzene rings is 1. The van der Waals surface area contributed by atoms with Crippen LogP contribution < -0.4 is 5.32 Å². The maximum Gasteiger partial charge on any atom is 0.307 e. The van der Waals surface area contributed by atoms with Gasteiger partial charge < -0.3 is 10.4 Å². The second-order valence-electron chi connectivity index (χ2n) is 5.83. The molecular weight excluding hydrogens is 370 g/mol. The average Bonchev–Trinajstić information content (AvgIpc) is 3.02. The van der Waals surface area contributed by atoms with Gasteiger partial charge in [-0.1, -0.05) is 30.7 Å². The summed E-state index contributed by atoms with van der Waals surface area (Å²) in [6.45, 7) is 4.04. The van der Waals surface area contributed by atoms with Crippen molar-refractivity contribution >= 4 is 40.4 Å². The quantitative estimate of drug-likeness (QED) is 0.615. The third-order valence-electron chi connectivity index (χ3n) is 3.93. The fourth-order valence-corrected chi connectivity index (χ4v) is 3.69. The number of aryl methyl sites for hydroxylation is 1. The van der Waals surface area contributed by atoms with E-state index in [9.17, 15) is 4.79 Å². The molecule has 0 aliphatic carbocycles. The lowest BCUT2D eigenvalue weighted by molar-refractivity contribution is -0.136. The topological polar surface area (TPSA) is 75.1 Å². The zero-order chi connectivity index (χ0) is 18.7. The molecule has 0 amide bonds. The first-order chi connectivity index (χ1) is 12.5. The molecule has 26 heavy (non-hydrogen) atoms. The van der Waals surface area contributed by atoms with E-state index in [-0.39, 0.29) is 6.42 Å². The summed E-state index contributed by atoms with van der Waals surface area (Å²) < 4.78 is 0. The van der Waals surface area contributed by atoms with Crippen molar-refractivity contribution < 1.29 is 9.90 Å². The van der Waals surface area contributed by atoms with Gasteiger partial charge >= 0.3 is 5.97 Å². The SMILES string of the molecule is CCc1c(C)nc(-c2cc(Cl)cs2)nc1Nc1ccc(CC(=O)O)cc1. The number of carbonyl (C=O) groups is 1. The van der Waals surface area contributed by atoms with Crippen molar-refractivity contribution in [2.24, 2.45) is 0 Å². The minimum Gasteiger partial charge on any atom is -0.481 e. The van der Waals surface area contributed by atoms with Gasteiger partial charge in [-0.15, -0.1) is 11.3 Å². The Hall–Kier alpha value is -2.44. The molecule has 2 N–H and O–H groups in total. The second kappa shape index (κ2) is 7.85. The molecule has 3 rings (SSSR count). The number of hydrogen-bond donors (Lipinski definition) is 2. The van der Waals surface area contributed by atoms with E-state index >= 15 is 0 Å². The third-order valence-corrected chi connectivity index (χ3v) is 5.20. The minimum atomic E-state index is -0.843. The van der Waals surface area contributed by atoms with Gasteiger partial charge in [-0.25, -0.2) is 9.97 Å². The lowest BCUT2D eigenvalue weighted by Crippen LogP contribution is -2.05. The van der Waals surface area contributed by atoms with Gasteiger partial charge in [0.1, 0.15) is 5.82 Å². The van der Waals surface area contributed by atoms with E-state index in [1.807, 2.05) is 30.5 Å². The molecule has 0 atom stereocenters. The van der Waals surface area contributed by atoms with Gasteiger partial charge in [0.2, 0.25) is 0 Å². The molecule has 0 radical (unpaired) electrons. The summed E-state index contributed by atoms with van der Waals surface area (Å²) in [7, 11) is 0. The Kier molecular flexibility index (Phi) is 5.54. The first kappa shape index (κ1) is 18.4. The van der Waals surface area contributed by atoms with Gasteiger partial charge in [0.25, 0.3) is 0 Å². The number of aromatic nitrogens is 2. The third kappa shape index (κ3) is 4.20. The van der Waals surface area contributed by atoms with Crippen molar-refractivity contribution in [3.63, 3.8) is 0 Å². The molecule has 1 aromatic carbocycles. The van der Waals surface area contributed by atoms with Crippen molar-refractivity contribution in [2.75, 3.05) is 5.32 Å². The van der Waals surface area contributed by atoms with Crippen LogP contribution >= 0.6 is 22.9 Å². The fourth-order valence-electron chi connectivity index (χ4n) is 2.68. The minimum absolute atomic E-state index is 0.0103.